The van der Waals surface area contributed by atoms with Crippen LogP contribution in [0.3, 0.4) is 0 Å². The third-order valence-electron chi connectivity index (χ3n) is 4.01. The second kappa shape index (κ2) is 7.76. The molecule has 0 unspecified atom stereocenters. The van der Waals surface area contributed by atoms with Gasteiger partial charge < -0.3 is 19.2 Å². The molecule has 138 valence electrons. The van der Waals surface area contributed by atoms with E-state index in [9.17, 15) is 4.79 Å². The second-order valence-corrected chi connectivity index (χ2v) is 6.73. The summed E-state index contributed by atoms with van der Waals surface area (Å²) in [7, 11) is 6.72. The van der Waals surface area contributed by atoms with Gasteiger partial charge in [0.1, 0.15) is 10.5 Å². The fourth-order valence-corrected chi connectivity index (χ4v) is 3.61. The first-order valence-corrected chi connectivity index (χ1v) is 8.88. The molecule has 3 aromatic rings. The van der Waals surface area contributed by atoms with Gasteiger partial charge in [0.05, 0.1) is 33.4 Å². The summed E-state index contributed by atoms with van der Waals surface area (Å²) >= 11 is 1.39. The van der Waals surface area contributed by atoms with Crippen molar-refractivity contribution in [2.75, 3.05) is 28.4 Å². The average Bonchev–Trinajstić information content (AvgIpc) is 3.10. The first kappa shape index (κ1) is 18.2. The zero-order valence-electron chi connectivity index (χ0n) is 15.2. The first-order chi connectivity index (χ1) is 12.6. The molecule has 0 bridgehead atoms. The van der Waals surface area contributed by atoms with Gasteiger partial charge in [-0.05, 0) is 24.6 Å². The van der Waals surface area contributed by atoms with Crippen LogP contribution in [0.2, 0.25) is 0 Å². The molecule has 0 aliphatic heterocycles. The summed E-state index contributed by atoms with van der Waals surface area (Å²) in [6, 6.07) is 5.65. The van der Waals surface area contributed by atoms with Crippen molar-refractivity contribution in [3.05, 3.63) is 45.3 Å². The third kappa shape index (κ3) is 3.51. The Bertz CT molecular complexity index is 967. The number of hydrogen-bond acceptors (Lipinski definition) is 7. The Kier molecular flexibility index (Phi) is 5.43. The number of hydrogen-bond donors (Lipinski definition) is 1. The summed E-state index contributed by atoms with van der Waals surface area (Å²) in [4.78, 5) is 21.5. The number of H-pyrrole nitrogens is 1. The van der Waals surface area contributed by atoms with Crippen molar-refractivity contribution in [3.63, 3.8) is 0 Å². The van der Waals surface area contributed by atoms with Crippen molar-refractivity contribution in [1.29, 1.82) is 0 Å². The van der Waals surface area contributed by atoms with Crippen molar-refractivity contribution in [3.8, 4) is 17.2 Å². The fraction of sp³-hybridized carbons (Fsp3) is 0.333. The predicted molar refractivity (Wildman–Crippen MR) is 102 cm³/mol. The van der Waals surface area contributed by atoms with Crippen molar-refractivity contribution in [2.24, 2.45) is 0 Å². The van der Waals surface area contributed by atoms with E-state index in [1.54, 1.807) is 21.3 Å². The zero-order chi connectivity index (χ0) is 18.7. The van der Waals surface area contributed by atoms with Crippen LogP contribution in [0.1, 0.15) is 11.4 Å². The lowest BCUT2D eigenvalue weighted by atomic mass is 10.1. The molecule has 1 aromatic carbocycles. The molecule has 2 heterocycles. The quantitative estimate of drug-likeness (QED) is 0.684. The molecule has 0 saturated heterocycles. The number of fused-ring (bicyclic) bond motifs is 1. The lowest BCUT2D eigenvalue weighted by Crippen LogP contribution is -2.21. The van der Waals surface area contributed by atoms with Gasteiger partial charge in [0.15, 0.2) is 11.5 Å². The normalized spacial score (nSPS) is 11.1. The first-order valence-electron chi connectivity index (χ1n) is 8.00. The summed E-state index contributed by atoms with van der Waals surface area (Å²) < 4.78 is 16.9. The van der Waals surface area contributed by atoms with E-state index in [0.717, 1.165) is 11.1 Å². The monoisotopic (exact) mass is 375 g/mol. The highest BCUT2D eigenvalue weighted by Crippen LogP contribution is 2.40. The number of ether oxygens (including phenoxy) is 3. The maximum absolute atomic E-state index is 12.1. The molecule has 0 fully saturated rings. The second-order valence-electron chi connectivity index (χ2n) is 5.81. The van der Waals surface area contributed by atoms with Crippen LogP contribution < -0.4 is 19.8 Å². The van der Waals surface area contributed by atoms with Crippen molar-refractivity contribution >= 4 is 21.6 Å². The Morgan fingerprint density at radius 3 is 2.54 bits per heavy atom. The topological polar surface area (TPSA) is 76.7 Å². The summed E-state index contributed by atoms with van der Waals surface area (Å²) in [6.07, 6.45) is 0. The lowest BCUT2D eigenvalue weighted by Gasteiger charge is -2.20. The number of methoxy groups -OCH3 is 3. The van der Waals surface area contributed by atoms with Crippen LogP contribution in [0.25, 0.3) is 10.2 Å². The Balaban J connectivity index is 1.83. The summed E-state index contributed by atoms with van der Waals surface area (Å²) in [5, 5.41) is 1.87. The standard InChI is InChI=1S/C18H21N3O4S/c1-21(10-14-19-12-7-8-26-17(12)18(22)20-14)9-11-5-6-13(23-2)16(25-4)15(11)24-3/h5-8H,9-10H2,1-4H3,(H,19,20,22). The minimum Gasteiger partial charge on any atom is -0.493 e. The van der Waals surface area contributed by atoms with Crippen LogP contribution in [0, 0.1) is 0 Å². The van der Waals surface area contributed by atoms with Gasteiger partial charge >= 0.3 is 0 Å². The SMILES string of the molecule is COc1ccc(CN(C)Cc2nc3ccsc3c(=O)[nH]2)c(OC)c1OC. The van der Waals surface area contributed by atoms with E-state index in [1.165, 1.54) is 11.3 Å². The van der Waals surface area contributed by atoms with E-state index in [2.05, 4.69) is 9.97 Å². The zero-order valence-corrected chi connectivity index (χ0v) is 16.0. The molecule has 0 amide bonds. The van der Waals surface area contributed by atoms with Gasteiger partial charge in [-0.15, -0.1) is 11.3 Å². The van der Waals surface area contributed by atoms with E-state index in [-0.39, 0.29) is 5.56 Å². The van der Waals surface area contributed by atoms with E-state index in [4.69, 9.17) is 14.2 Å². The molecule has 0 aliphatic carbocycles. The van der Waals surface area contributed by atoms with Gasteiger partial charge in [0.25, 0.3) is 5.56 Å². The third-order valence-corrected chi connectivity index (χ3v) is 4.91. The number of nitrogens with one attached hydrogen (secondary N) is 1. The smallest absolute Gasteiger partial charge is 0.268 e. The molecule has 0 aliphatic rings. The van der Waals surface area contributed by atoms with Crippen molar-refractivity contribution in [2.45, 2.75) is 13.1 Å². The highest BCUT2D eigenvalue weighted by Gasteiger charge is 2.17. The van der Waals surface area contributed by atoms with Gasteiger partial charge in [0.2, 0.25) is 5.75 Å². The largest absolute Gasteiger partial charge is 0.493 e. The molecular formula is C18H21N3O4S. The van der Waals surface area contributed by atoms with Gasteiger partial charge in [-0.25, -0.2) is 4.98 Å². The van der Waals surface area contributed by atoms with Crippen LogP contribution in [0.5, 0.6) is 17.2 Å². The minimum atomic E-state index is -0.0999. The number of benzene rings is 1. The molecule has 2 aromatic heterocycles. The molecule has 0 radical (unpaired) electrons. The van der Waals surface area contributed by atoms with Gasteiger partial charge in [-0.1, -0.05) is 6.07 Å². The van der Waals surface area contributed by atoms with E-state index < -0.39 is 0 Å². The fourth-order valence-electron chi connectivity index (χ4n) is 2.89. The maximum atomic E-state index is 12.1. The van der Waals surface area contributed by atoms with Gasteiger partial charge in [-0.2, -0.15) is 0 Å². The summed E-state index contributed by atoms with van der Waals surface area (Å²) in [6.45, 7) is 1.09. The van der Waals surface area contributed by atoms with Crippen LogP contribution >= 0.6 is 11.3 Å². The van der Waals surface area contributed by atoms with E-state index >= 15 is 0 Å². The predicted octanol–water partition coefficient (Wildman–Crippen LogP) is 2.64. The molecule has 3 rings (SSSR count). The van der Waals surface area contributed by atoms with E-state index in [1.807, 2.05) is 35.5 Å². The average molecular weight is 375 g/mol. The summed E-state index contributed by atoms with van der Waals surface area (Å²) in [5.41, 5.74) is 1.58. The number of rotatable bonds is 7. The molecule has 0 saturated carbocycles. The van der Waals surface area contributed by atoms with Crippen LogP contribution in [-0.4, -0.2) is 43.2 Å². The Hall–Kier alpha value is -2.58. The molecule has 7 nitrogen and oxygen atoms in total. The number of thiophene rings is 1. The Labute approximate surface area is 155 Å². The molecule has 8 heteroatoms. The van der Waals surface area contributed by atoms with E-state index in [0.29, 0.717) is 40.9 Å². The highest BCUT2D eigenvalue weighted by molar-refractivity contribution is 7.17. The Morgan fingerprint density at radius 1 is 1.08 bits per heavy atom. The number of aromatic nitrogens is 2. The maximum Gasteiger partial charge on any atom is 0.268 e. The Morgan fingerprint density at radius 2 is 1.85 bits per heavy atom. The highest BCUT2D eigenvalue weighted by atomic mass is 32.1. The van der Waals surface area contributed by atoms with Crippen LogP contribution in [0.15, 0.2) is 28.4 Å². The molecule has 1 N–H and O–H groups in total. The molecule has 0 atom stereocenters. The number of nitrogens with zero attached hydrogens (tertiary/aromatic N) is 2. The lowest BCUT2D eigenvalue weighted by molar-refractivity contribution is 0.292. The van der Waals surface area contributed by atoms with Crippen molar-refractivity contribution < 1.29 is 14.2 Å². The van der Waals surface area contributed by atoms with Crippen molar-refractivity contribution in [1.82, 2.24) is 14.9 Å². The minimum absolute atomic E-state index is 0.0999. The summed E-state index contributed by atoms with van der Waals surface area (Å²) in [5.74, 6) is 2.44. The molecule has 26 heavy (non-hydrogen) atoms. The molecule has 0 spiro atoms. The molecular weight excluding hydrogens is 354 g/mol. The van der Waals surface area contributed by atoms with Crippen LogP contribution in [-0.2, 0) is 13.1 Å². The number of aromatic amines is 1. The van der Waals surface area contributed by atoms with Gasteiger partial charge in [-0.3, -0.25) is 9.69 Å². The van der Waals surface area contributed by atoms with Crippen LogP contribution in [0.4, 0.5) is 0 Å². The van der Waals surface area contributed by atoms with Gasteiger partial charge in [0, 0.05) is 12.1 Å².